The highest BCUT2D eigenvalue weighted by Gasteiger charge is 2.25. The minimum atomic E-state index is -0.164. The summed E-state index contributed by atoms with van der Waals surface area (Å²) in [6.07, 6.45) is 2.95. The van der Waals surface area contributed by atoms with Gasteiger partial charge in [-0.1, -0.05) is 42.4 Å². The number of hydrogen-bond acceptors (Lipinski definition) is 7. The lowest BCUT2D eigenvalue weighted by Crippen LogP contribution is -2.15. The Morgan fingerprint density at radius 2 is 2.24 bits per heavy atom. The van der Waals surface area contributed by atoms with E-state index in [4.69, 9.17) is 16.3 Å². The van der Waals surface area contributed by atoms with Crippen molar-refractivity contribution in [2.24, 2.45) is 5.92 Å². The molecule has 1 aromatic carbocycles. The molecule has 0 spiro atoms. The van der Waals surface area contributed by atoms with Gasteiger partial charge in [0.1, 0.15) is 23.4 Å². The number of amides is 1. The smallest absolute Gasteiger partial charge is 0.235 e. The zero-order valence-corrected chi connectivity index (χ0v) is 20.8. The fraction of sp³-hybridized carbons (Fsp3) is 0.391. The van der Waals surface area contributed by atoms with Crippen LogP contribution in [0.1, 0.15) is 42.1 Å². The summed E-state index contributed by atoms with van der Waals surface area (Å²) in [5.41, 5.74) is 1.73. The van der Waals surface area contributed by atoms with Gasteiger partial charge in [0.05, 0.1) is 16.3 Å². The highest BCUT2D eigenvalue weighted by atomic mass is 35.5. The molecule has 1 amide bonds. The van der Waals surface area contributed by atoms with Crippen LogP contribution in [0.4, 0.5) is 5.00 Å². The van der Waals surface area contributed by atoms with Crippen molar-refractivity contribution in [2.75, 3.05) is 11.1 Å². The van der Waals surface area contributed by atoms with Crippen LogP contribution in [0.2, 0.25) is 5.02 Å². The molecule has 4 rings (SSSR count). The fourth-order valence-corrected chi connectivity index (χ4v) is 6.19. The van der Waals surface area contributed by atoms with Crippen molar-refractivity contribution in [1.29, 1.82) is 5.26 Å². The standard InChI is InChI=1S/C23H24ClN5O2S2/c1-3-29-20(12-31-18-7-5-4-6-17(18)24)27-28-23(29)32-13-21(30)26-22-16(11-25)15-9-8-14(2)10-19(15)33-22/h4-7,14H,3,8-10,12-13H2,1-2H3,(H,26,30). The lowest BCUT2D eigenvalue weighted by molar-refractivity contribution is -0.113. The van der Waals surface area contributed by atoms with E-state index in [9.17, 15) is 10.1 Å². The Labute approximate surface area is 206 Å². The summed E-state index contributed by atoms with van der Waals surface area (Å²) in [5, 5.41) is 22.9. The lowest BCUT2D eigenvalue weighted by atomic mass is 9.89. The molecule has 1 N–H and O–H groups in total. The van der Waals surface area contributed by atoms with Gasteiger partial charge in [0, 0.05) is 11.4 Å². The number of nitrogens with one attached hydrogen (secondary N) is 1. The lowest BCUT2D eigenvalue weighted by Gasteiger charge is -2.17. The number of thiophene rings is 1. The minimum Gasteiger partial charge on any atom is -0.484 e. The van der Waals surface area contributed by atoms with Crippen molar-refractivity contribution in [3.8, 4) is 11.8 Å². The second-order valence-corrected chi connectivity index (χ2v) is 10.3. The maximum absolute atomic E-state index is 12.7. The van der Waals surface area contributed by atoms with E-state index in [-0.39, 0.29) is 18.3 Å². The van der Waals surface area contributed by atoms with Crippen molar-refractivity contribution < 1.29 is 9.53 Å². The Balaban J connectivity index is 1.38. The number of benzene rings is 1. The first-order valence-electron chi connectivity index (χ1n) is 10.8. The zero-order valence-electron chi connectivity index (χ0n) is 18.4. The van der Waals surface area contributed by atoms with Crippen LogP contribution in [-0.2, 0) is 30.8 Å². The van der Waals surface area contributed by atoms with E-state index in [2.05, 4.69) is 28.5 Å². The van der Waals surface area contributed by atoms with Gasteiger partial charge in [-0.15, -0.1) is 21.5 Å². The van der Waals surface area contributed by atoms with E-state index >= 15 is 0 Å². The summed E-state index contributed by atoms with van der Waals surface area (Å²) in [5.74, 6) is 1.86. The normalized spacial score (nSPS) is 15.0. The monoisotopic (exact) mass is 501 g/mol. The maximum atomic E-state index is 12.7. The number of thioether (sulfide) groups is 1. The topological polar surface area (TPSA) is 92.8 Å². The minimum absolute atomic E-state index is 0.164. The average molecular weight is 502 g/mol. The molecule has 3 aromatic rings. The maximum Gasteiger partial charge on any atom is 0.235 e. The molecule has 1 aliphatic rings. The number of halogens is 1. The second kappa shape index (κ2) is 10.6. The number of anilines is 1. The van der Waals surface area contributed by atoms with E-state index < -0.39 is 0 Å². The molecule has 0 saturated heterocycles. The molecular formula is C23H24ClN5O2S2. The van der Waals surface area contributed by atoms with Crippen LogP contribution in [0.5, 0.6) is 5.75 Å². The van der Waals surface area contributed by atoms with Crippen molar-refractivity contribution in [1.82, 2.24) is 14.8 Å². The molecule has 2 heterocycles. The van der Waals surface area contributed by atoms with Crippen LogP contribution in [0.25, 0.3) is 0 Å². The SMILES string of the molecule is CCn1c(COc2ccccc2Cl)nnc1SCC(=O)Nc1sc2c(c1C#N)CCC(C)C2. The van der Waals surface area contributed by atoms with E-state index in [0.29, 0.717) is 44.8 Å². The van der Waals surface area contributed by atoms with Gasteiger partial charge in [0.2, 0.25) is 5.91 Å². The first kappa shape index (κ1) is 23.6. The molecule has 33 heavy (non-hydrogen) atoms. The van der Waals surface area contributed by atoms with Crippen LogP contribution >= 0.6 is 34.7 Å². The van der Waals surface area contributed by atoms with Gasteiger partial charge in [0.15, 0.2) is 11.0 Å². The third-order valence-corrected chi connectivity index (χ3v) is 7.96. The van der Waals surface area contributed by atoms with Gasteiger partial charge in [-0.25, -0.2) is 0 Å². The number of carbonyl (C=O) groups excluding carboxylic acids is 1. The number of aromatic nitrogens is 3. The molecule has 1 unspecified atom stereocenters. The number of fused-ring (bicyclic) bond motifs is 1. The number of rotatable bonds is 8. The first-order chi connectivity index (χ1) is 16.0. The van der Waals surface area contributed by atoms with Gasteiger partial charge >= 0.3 is 0 Å². The molecule has 0 saturated carbocycles. The molecule has 0 fully saturated rings. The quantitative estimate of drug-likeness (QED) is 0.420. The van der Waals surface area contributed by atoms with Crippen molar-refractivity contribution in [3.05, 3.63) is 51.1 Å². The summed E-state index contributed by atoms with van der Waals surface area (Å²) in [4.78, 5) is 13.9. The van der Waals surface area contributed by atoms with Gasteiger partial charge in [-0.2, -0.15) is 5.26 Å². The molecule has 7 nitrogen and oxygen atoms in total. The van der Waals surface area contributed by atoms with Gasteiger partial charge < -0.3 is 14.6 Å². The van der Waals surface area contributed by atoms with Crippen molar-refractivity contribution >= 4 is 45.6 Å². The third-order valence-electron chi connectivity index (χ3n) is 5.51. The highest BCUT2D eigenvalue weighted by Crippen LogP contribution is 2.39. The average Bonchev–Trinajstić information content (AvgIpc) is 3.36. The third kappa shape index (κ3) is 5.35. The molecule has 172 valence electrons. The summed E-state index contributed by atoms with van der Waals surface area (Å²) < 4.78 is 7.70. The Hall–Kier alpha value is -2.54. The summed E-state index contributed by atoms with van der Waals surface area (Å²) in [7, 11) is 0. The molecule has 2 aromatic heterocycles. The molecular weight excluding hydrogens is 478 g/mol. The predicted molar refractivity (Wildman–Crippen MR) is 131 cm³/mol. The summed E-state index contributed by atoms with van der Waals surface area (Å²) in [6.45, 7) is 5.08. The van der Waals surface area contributed by atoms with Gasteiger partial charge in [0.25, 0.3) is 0 Å². The highest BCUT2D eigenvalue weighted by molar-refractivity contribution is 7.99. The summed E-state index contributed by atoms with van der Waals surface area (Å²) in [6, 6.07) is 9.55. The van der Waals surface area contributed by atoms with E-state index in [1.807, 2.05) is 23.6 Å². The number of para-hydroxylation sites is 1. The molecule has 10 heteroatoms. The molecule has 0 aliphatic heterocycles. The number of hydrogen-bond donors (Lipinski definition) is 1. The Morgan fingerprint density at radius 3 is 3.00 bits per heavy atom. The van der Waals surface area contributed by atoms with Crippen LogP contribution < -0.4 is 10.1 Å². The zero-order chi connectivity index (χ0) is 23.4. The molecule has 1 aliphatic carbocycles. The molecule has 0 radical (unpaired) electrons. The molecule has 0 bridgehead atoms. The van der Waals surface area contributed by atoms with Gasteiger partial charge in [-0.05, 0) is 49.8 Å². The number of nitriles is 1. The molecule has 1 atom stereocenters. The second-order valence-electron chi connectivity index (χ2n) is 7.87. The van der Waals surface area contributed by atoms with Crippen molar-refractivity contribution in [3.63, 3.8) is 0 Å². The van der Waals surface area contributed by atoms with Gasteiger partial charge in [-0.3, -0.25) is 4.79 Å². The Kier molecular flexibility index (Phi) is 7.58. The van der Waals surface area contributed by atoms with Crippen molar-refractivity contribution in [2.45, 2.75) is 51.4 Å². The van der Waals surface area contributed by atoms with Crippen LogP contribution in [0.15, 0.2) is 29.4 Å². The number of ether oxygens (including phenoxy) is 1. The first-order valence-corrected chi connectivity index (χ1v) is 12.9. The van der Waals surface area contributed by atoms with E-state index in [1.165, 1.54) is 28.0 Å². The Morgan fingerprint density at radius 1 is 1.42 bits per heavy atom. The van der Waals surface area contributed by atoms with Crippen LogP contribution in [-0.4, -0.2) is 26.4 Å². The predicted octanol–water partition coefficient (Wildman–Crippen LogP) is 5.32. The Bertz CT molecular complexity index is 1200. The van der Waals surface area contributed by atoms with E-state index in [0.717, 1.165) is 24.8 Å². The van der Waals surface area contributed by atoms with Crippen LogP contribution in [0, 0.1) is 17.2 Å². The largest absolute Gasteiger partial charge is 0.484 e. The summed E-state index contributed by atoms with van der Waals surface area (Å²) >= 11 is 8.99. The number of nitrogens with zero attached hydrogens (tertiary/aromatic N) is 4. The van der Waals surface area contributed by atoms with Crippen LogP contribution in [0.3, 0.4) is 0 Å². The number of carbonyl (C=O) groups is 1. The fourth-order valence-electron chi connectivity index (χ4n) is 3.80. The van der Waals surface area contributed by atoms with E-state index in [1.54, 1.807) is 12.1 Å².